The Balaban J connectivity index is 1.82. The standard InChI is InChI=1S/C13H16F3N3/c14-13(15,16)11-2-1-3-12(18-11)19-7-6-9-4-5-10(8-19)17-9/h1-3,9-10,17H,4-8H2. The van der Waals surface area contributed by atoms with E-state index in [1.165, 1.54) is 12.5 Å². The van der Waals surface area contributed by atoms with E-state index in [0.717, 1.165) is 32.0 Å². The summed E-state index contributed by atoms with van der Waals surface area (Å²) in [5.41, 5.74) is -0.813. The number of anilines is 1. The van der Waals surface area contributed by atoms with Gasteiger partial charge in [0.1, 0.15) is 11.5 Å². The highest BCUT2D eigenvalue weighted by Gasteiger charge is 2.34. The van der Waals surface area contributed by atoms with Crippen LogP contribution in [0, 0.1) is 0 Å². The Hall–Kier alpha value is -1.30. The van der Waals surface area contributed by atoms with Crippen LogP contribution in [0.5, 0.6) is 0 Å². The van der Waals surface area contributed by atoms with Crippen molar-refractivity contribution in [3.05, 3.63) is 23.9 Å². The maximum absolute atomic E-state index is 12.7. The van der Waals surface area contributed by atoms with Gasteiger partial charge in [-0.1, -0.05) is 6.07 Å². The maximum atomic E-state index is 12.7. The molecule has 0 amide bonds. The van der Waals surface area contributed by atoms with Crippen molar-refractivity contribution in [3.8, 4) is 0 Å². The third-order valence-corrected chi connectivity index (χ3v) is 3.87. The highest BCUT2D eigenvalue weighted by Crippen LogP contribution is 2.30. The molecule has 19 heavy (non-hydrogen) atoms. The van der Waals surface area contributed by atoms with E-state index in [1.807, 2.05) is 4.90 Å². The number of rotatable bonds is 1. The molecule has 2 bridgehead atoms. The average molecular weight is 271 g/mol. The van der Waals surface area contributed by atoms with E-state index in [2.05, 4.69) is 10.3 Å². The van der Waals surface area contributed by atoms with Gasteiger partial charge in [0.2, 0.25) is 0 Å². The lowest BCUT2D eigenvalue weighted by atomic mass is 10.1. The Labute approximate surface area is 109 Å². The SMILES string of the molecule is FC(F)(F)c1cccc(N2CCC3CCC(C2)N3)n1. The molecule has 0 radical (unpaired) electrons. The summed E-state index contributed by atoms with van der Waals surface area (Å²) in [7, 11) is 0. The Bertz CT molecular complexity index is 461. The van der Waals surface area contributed by atoms with Crippen LogP contribution in [0.4, 0.5) is 19.0 Å². The maximum Gasteiger partial charge on any atom is 0.433 e. The lowest BCUT2D eigenvalue weighted by Crippen LogP contribution is -2.35. The van der Waals surface area contributed by atoms with Gasteiger partial charge in [-0.25, -0.2) is 4.98 Å². The van der Waals surface area contributed by atoms with Gasteiger partial charge in [0, 0.05) is 25.2 Å². The fourth-order valence-electron chi connectivity index (χ4n) is 2.91. The molecule has 1 N–H and O–H groups in total. The Morgan fingerprint density at radius 2 is 1.95 bits per heavy atom. The van der Waals surface area contributed by atoms with Crippen molar-refractivity contribution < 1.29 is 13.2 Å². The molecule has 104 valence electrons. The minimum absolute atomic E-state index is 0.379. The quantitative estimate of drug-likeness (QED) is 0.850. The molecule has 2 unspecified atom stereocenters. The minimum Gasteiger partial charge on any atom is -0.355 e. The number of hydrogen-bond acceptors (Lipinski definition) is 3. The van der Waals surface area contributed by atoms with E-state index < -0.39 is 11.9 Å². The molecule has 3 heterocycles. The zero-order chi connectivity index (χ0) is 13.5. The molecule has 0 spiro atoms. The third kappa shape index (κ3) is 2.68. The van der Waals surface area contributed by atoms with E-state index in [0.29, 0.717) is 17.9 Å². The third-order valence-electron chi connectivity index (χ3n) is 3.87. The molecule has 1 aromatic heterocycles. The molecule has 0 aliphatic carbocycles. The normalized spacial score (nSPS) is 27.4. The smallest absolute Gasteiger partial charge is 0.355 e. The van der Waals surface area contributed by atoms with E-state index >= 15 is 0 Å². The molecule has 2 aliphatic heterocycles. The van der Waals surface area contributed by atoms with Gasteiger partial charge >= 0.3 is 6.18 Å². The highest BCUT2D eigenvalue weighted by molar-refractivity contribution is 5.40. The molecule has 6 heteroatoms. The Morgan fingerprint density at radius 1 is 1.16 bits per heavy atom. The number of nitrogens with one attached hydrogen (secondary N) is 1. The lowest BCUT2D eigenvalue weighted by Gasteiger charge is -2.25. The fourth-order valence-corrected chi connectivity index (χ4v) is 2.91. The lowest BCUT2D eigenvalue weighted by molar-refractivity contribution is -0.141. The van der Waals surface area contributed by atoms with Crippen LogP contribution in [0.15, 0.2) is 18.2 Å². The molecular formula is C13H16F3N3. The summed E-state index contributed by atoms with van der Waals surface area (Å²) in [5, 5.41) is 3.51. The summed E-state index contributed by atoms with van der Waals surface area (Å²) in [6.07, 6.45) is -1.14. The van der Waals surface area contributed by atoms with Crippen LogP contribution in [0.2, 0.25) is 0 Å². The molecule has 3 rings (SSSR count). The van der Waals surface area contributed by atoms with Gasteiger partial charge in [-0.2, -0.15) is 13.2 Å². The molecule has 2 fully saturated rings. The first kappa shape index (κ1) is 12.7. The van der Waals surface area contributed by atoms with Gasteiger partial charge in [0.05, 0.1) is 0 Å². The average Bonchev–Trinajstić information content (AvgIpc) is 2.68. The second-order valence-electron chi connectivity index (χ2n) is 5.25. The van der Waals surface area contributed by atoms with E-state index in [-0.39, 0.29) is 0 Å². The van der Waals surface area contributed by atoms with Crippen LogP contribution >= 0.6 is 0 Å². The van der Waals surface area contributed by atoms with Gasteiger partial charge in [0.25, 0.3) is 0 Å². The Kier molecular flexibility index (Phi) is 3.12. The summed E-state index contributed by atoms with van der Waals surface area (Å²) in [4.78, 5) is 5.73. The van der Waals surface area contributed by atoms with Crippen LogP contribution in [-0.2, 0) is 6.18 Å². The van der Waals surface area contributed by atoms with Crippen LogP contribution in [-0.4, -0.2) is 30.2 Å². The van der Waals surface area contributed by atoms with Crippen LogP contribution in [0.3, 0.4) is 0 Å². The second kappa shape index (κ2) is 4.67. The van der Waals surface area contributed by atoms with Crippen molar-refractivity contribution >= 4 is 5.82 Å². The largest absolute Gasteiger partial charge is 0.433 e. The van der Waals surface area contributed by atoms with Gasteiger partial charge in [-0.3, -0.25) is 0 Å². The second-order valence-corrected chi connectivity index (χ2v) is 5.25. The molecule has 3 nitrogen and oxygen atoms in total. The number of alkyl halides is 3. The first-order chi connectivity index (χ1) is 9.02. The number of pyridine rings is 1. The summed E-state index contributed by atoms with van der Waals surface area (Å²) in [6, 6.07) is 5.01. The van der Waals surface area contributed by atoms with Crippen molar-refractivity contribution in [1.82, 2.24) is 10.3 Å². The van der Waals surface area contributed by atoms with Crippen molar-refractivity contribution in [1.29, 1.82) is 0 Å². The Morgan fingerprint density at radius 3 is 2.74 bits per heavy atom. The molecular weight excluding hydrogens is 255 g/mol. The number of halogens is 3. The molecule has 2 aliphatic rings. The molecule has 1 aromatic rings. The zero-order valence-corrected chi connectivity index (χ0v) is 10.5. The van der Waals surface area contributed by atoms with Gasteiger partial charge in [-0.15, -0.1) is 0 Å². The fraction of sp³-hybridized carbons (Fsp3) is 0.615. The number of aromatic nitrogens is 1. The topological polar surface area (TPSA) is 28.2 Å². The summed E-state index contributed by atoms with van der Waals surface area (Å²) < 4.78 is 38.0. The summed E-state index contributed by atoms with van der Waals surface area (Å²) >= 11 is 0. The minimum atomic E-state index is -4.38. The van der Waals surface area contributed by atoms with Crippen LogP contribution < -0.4 is 10.2 Å². The summed E-state index contributed by atoms with van der Waals surface area (Å²) in [6.45, 7) is 1.51. The van der Waals surface area contributed by atoms with Gasteiger partial charge < -0.3 is 10.2 Å². The van der Waals surface area contributed by atoms with Crippen LogP contribution in [0.1, 0.15) is 25.0 Å². The van der Waals surface area contributed by atoms with Gasteiger partial charge in [-0.05, 0) is 31.4 Å². The van der Waals surface area contributed by atoms with Gasteiger partial charge in [0.15, 0.2) is 0 Å². The predicted molar refractivity (Wildman–Crippen MR) is 66.0 cm³/mol. The molecule has 0 saturated carbocycles. The van der Waals surface area contributed by atoms with E-state index in [4.69, 9.17) is 0 Å². The molecule has 2 atom stereocenters. The van der Waals surface area contributed by atoms with Crippen LogP contribution in [0.25, 0.3) is 0 Å². The van der Waals surface area contributed by atoms with Crippen molar-refractivity contribution in [2.45, 2.75) is 37.5 Å². The molecule has 2 saturated heterocycles. The van der Waals surface area contributed by atoms with Crippen molar-refractivity contribution in [2.24, 2.45) is 0 Å². The first-order valence-corrected chi connectivity index (χ1v) is 6.57. The predicted octanol–water partition coefficient (Wildman–Crippen LogP) is 2.43. The van der Waals surface area contributed by atoms with Crippen molar-refractivity contribution in [2.75, 3.05) is 18.0 Å². The monoisotopic (exact) mass is 271 g/mol. The van der Waals surface area contributed by atoms with E-state index in [9.17, 15) is 13.2 Å². The van der Waals surface area contributed by atoms with E-state index in [1.54, 1.807) is 6.07 Å². The highest BCUT2D eigenvalue weighted by atomic mass is 19.4. The first-order valence-electron chi connectivity index (χ1n) is 6.57. The zero-order valence-electron chi connectivity index (χ0n) is 10.5. The number of fused-ring (bicyclic) bond motifs is 2. The number of nitrogens with zero attached hydrogens (tertiary/aromatic N) is 2. The molecule has 0 aromatic carbocycles. The van der Waals surface area contributed by atoms with Crippen molar-refractivity contribution in [3.63, 3.8) is 0 Å². The summed E-state index contributed by atoms with van der Waals surface area (Å²) in [5.74, 6) is 0.434. The number of hydrogen-bond donors (Lipinski definition) is 1.